The number of thioether (sulfide) groups is 1. The number of aliphatic hydroxyl groups is 1. The molecule has 3 aliphatic rings. The molecule has 8 nitrogen and oxygen atoms in total. The van der Waals surface area contributed by atoms with Gasteiger partial charge in [-0.1, -0.05) is 42.5 Å². The van der Waals surface area contributed by atoms with Crippen molar-refractivity contribution in [3.8, 4) is 0 Å². The number of amides is 3. The summed E-state index contributed by atoms with van der Waals surface area (Å²) in [7, 11) is 0. The van der Waals surface area contributed by atoms with Crippen molar-refractivity contribution in [2.24, 2.45) is 11.8 Å². The molecule has 3 fully saturated rings. The van der Waals surface area contributed by atoms with E-state index in [1.165, 1.54) is 0 Å². The van der Waals surface area contributed by atoms with Gasteiger partial charge in [0.05, 0.1) is 23.2 Å². The fourth-order valence-corrected chi connectivity index (χ4v) is 10.2. The molecule has 2 bridgehead atoms. The molecule has 1 spiro atoms. The zero-order valence-electron chi connectivity index (χ0n) is 26.7. The number of anilines is 2. The highest BCUT2D eigenvalue weighted by molar-refractivity contribution is 8.02. The highest BCUT2D eigenvalue weighted by atomic mass is 32.2. The lowest BCUT2D eigenvalue weighted by atomic mass is 9.66. The maximum atomic E-state index is 14.8. The smallest absolute Gasteiger partial charge is 0.251 e. The average molecular weight is 631 g/mol. The van der Waals surface area contributed by atoms with Crippen LogP contribution in [-0.4, -0.2) is 87.5 Å². The van der Waals surface area contributed by atoms with Gasteiger partial charge in [0.15, 0.2) is 0 Å². The molecule has 0 aliphatic carbocycles. The topological polar surface area (TPSA) is 84.4 Å². The Morgan fingerprint density at radius 3 is 2.22 bits per heavy atom. The van der Waals surface area contributed by atoms with E-state index in [0.29, 0.717) is 19.5 Å². The highest BCUT2D eigenvalue weighted by Crippen LogP contribution is 2.71. The van der Waals surface area contributed by atoms with E-state index in [1.807, 2.05) is 54.6 Å². The molecule has 240 valence electrons. The molecule has 5 atom stereocenters. The normalized spacial score (nSPS) is 26.4. The Hall–Kier alpha value is -3.56. The first-order chi connectivity index (χ1) is 21.7. The highest BCUT2D eigenvalue weighted by Gasteiger charge is 2.77. The molecule has 2 aromatic rings. The second-order valence-electron chi connectivity index (χ2n) is 12.4. The Labute approximate surface area is 271 Å². The fraction of sp³-hybridized carbons (Fsp3) is 0.472. The van der Waals surface area contributed by atoms with Gasteiger partial charge in [0, 0.05) is 55.4 Å². The lowest BCUT2D eigenvalue weighted by molar-refractivity contribution is -0.145. The second-order valence-corrected chi connectivity index (χ2v) is 14.3. The van der Waals surface area contributed by atoms with Crippen LogP contribution in [0.15, 0.2) is 79.9 Å². The third-order valence-corrected chi connectivity index (χ3v) is 11.8. The minimum absolute atomic E-state index is 0.0366. The van der Waals surface area contributed by atoms with E-state index in [1.54, 1.807) is 38.6 Å². The van der Waals surface area contributed by atoms with E-state index in [-0.39, 0.29) is 37.4 Å². The lowest BCUT2D eigenvalue weighted by Crippen LogP contribution is -2.55. The van der Waals surface area contributed by atoms with Crippen molar-refractivity contribution in [2.45, 2.75) is 55.7 Å². The SMILES string of the molecule is C=CCN(Cc1ccccc1)C(=O)[C@H]1[C@H]2C(=O)N(CCO)C(C(=O)N(CC=C)c3ccc(N(CC)CC)cc3)C23CC[C@]1(C)S3. The van der Waals surface area contributed by atoms with Crippen LogP contribution in [0.2, 0.25) is 0 Å². The van der Waals surface area contributed by atoms with Crippen LogP contribution in [0.3, 0.4) is 0 Å². The van der Waals surface area contributed by atoms with Crippen molar-refractivity contribution in [3.63, 3.8) is 0 Å². The van der Waals surface area contributed by atoms with Crippen molar-refractivity contribution in [3.05, 3.63) is 85.5 Å². The summed E-state index contributed by atoms with van der Waals surface area (Å²) >= 11 is 1.65. The van der Waals surface area contributed by atoms with Crippen LogP contribution in [-0.2, 0) is 20.9 Å². The molecule has 0 saturated carbocycles. The summed E-state index contributed by atoms with van der Waals surface area (Å²) in [5.41, 5.74) is 2.80. The molecule has 0 aromatic heterocycles. The number of hydrogen-bond acceptors (Lipinski definition) is 6. The third kappa shape index (κ3) is 5.69. The van der Waals surface area contributed by atoms with Gasteiger partial charge in [-0.2, -0.15) is 0 Å². The summed E-state index contributed by atoms with van der Waals surface area (Å²) in [5.74, 6) is -1.75. The van der Waals surface area contributed by atoms with Gasteiger partial charge >= 0.3 is 0 Å². The predicted molar refractivity (Wildman–Crippen MR) is 182 cm³/mol. The Morgan fingerprint density at radius 2 is 1.62 bits per heavy atom. The van der Waals surface area contributed by atoms with Gasteiger partial charge in [-0.3, -0.25) is 14.4 Å². The van der Waals surface area contributed by atoms with Gasteiger partial charge < -0.3 is 24.7 Å². The third-order valence-electron chi connectivity index (χ3n) is 9.86. The number of nitrogens with zero attached hydrogens (tertiary/aromatic N) is 4. The number of likely N-dealkylation sites (tertiary alicyclic amines) is 1. The summed E-state index contributed by atoms with van der Waals surface area (Å²) in [6, 6.07) is 16.9. The van der Waals surface area contributed by atoms with Crippen molar-refractivity contribution in [2.75, 3.05) is 49.1 Å². The van der Waals surface area contributed by atoms with E-state index in [9.17, 15) is 19.5 Å². The number of carbonyl (C=O) groups is 3. The van der Waals surface area contributed by atoms with Gasteiger partial charge in [-0.15, -0.1) is 24.9 Å². The van der Waals surface area contributed by atoms with E-state index in [4.69, 9.17) is 0 Å². The zero-order valence-corrected chi connectivity index (χ0v) is 27.5. The zero-order chi connectivity index (χ0) is 32.4. The fourth-order valence-electron chi connectivity index (χ4n) is 7.85. The van der Waals surface area contributed by atoms with Gasteiger partial charge in [-0.25, -0.2) is 0 Å². The molecule has 45 heavy (non-hydrogen) atoms. The van der Waals surface area contributed by atoms with Crippen molar-refractivity contribution in [1.29, 1.82) is 0 Å². The Balaban J connectivity index is 1.51. The van der Waals surface area contributed by atoms with Crippen LogP contribution in [0.25, 0.3) is 0 Å². The number of fused-ring (bicyclic) bond motifs is 1. The van der Waals surface area contributed by atoms with Crippen molar-refractivity contribution < 1.29 is 19.5 Å². The summed E-state index contributed by atoms with van der Waals surface area (Å²) in [6.45, 7) is 16.7. The average Bonchev–Trinajstić information content (AvgIpc) is 3.61. The van der Waals surface area contributed by atoms with Crippen molar-refractivity contribution in [1.82, 2.24) is 9.80 Å². The van der Waals surface area contributed by atoms with Gasteiger partial charge in [0.2, 0.25) is 11.8 Å². The molecule has 2 aromatic carbocycles. The quantitative estimate of drug-likeness (QED) is 0.304. The number of aliphatic hydroxyl groups excluding tert-OH is 1. The minimum Gasteiger partial charge on any atom is -0.395 e. The van der Waals surface area contributed by atoms with Crippen LogP contribution in [0.1, 0.15) is 39.2 Å². The van der Waals surface area contributed by atoms with Crippen LogP contribution in [0, 0.1) is 11.8 Å². The number of benzene rings is 2. The molecule has 3 aliphatic heterocycles. The summed E-state index contributed by atoms with van der Waals surface area (Å²) < 4.78 is -1.27. The minimum atomic E-state index is -0.809. The molecule has 0 radical (unpaired) electrons. The van der Waals surface area contributed by atoms with Crippen LogP contribution < -0.4 is 9.80 Å². The molecule has 3 amide bonds. The number of carbonyl (C=O) groups excluding carboxylic acids is 3. The Bertz CT molecular complexity index is 1410. The number of hydrogen-bond donors (Lipinski definition) is 1. The number of rotatable bonds is 14. The van der Waals surface area contributed by atoms with Gasteiger partial charge in [-0.05, 0) is 63.4 Å². The van der Waals surface area contributed by atoms with Crippen molar-refractivity contribution >= 4 is 40.9 Å². The molecule has 9 heteroatoms. The molecule has 5 rings (SSSR count). The summed E-state index contributed by atoms with van der Waals surface area (Å²) in [6.07, 6.45) is 4.79. The van der Waals surface area contributed by atoms with Crippen LogP contribution in [0.4, 0.5) is 11.4 Å². The molecule has 2 unspecified atom stereocenters. The molecule has 1 N–H and O–H groups in total. The first kappa shape index (κ1) is 32.8. The first-order valence-corrected chi connectivity index (χ1v) is 16.8. The van der Waals surface area contributed by atoms with Gasteiger partial charge in [0.25, 0.3) is 5.91 Å². The first-order valence-electron chi connectivity index (χ1n) is 16.0. The predicted octanol–water partition coefficient (Wildman–Crippen LogP) is 4.74. The van der Waals surface area contributed by atoms with E-state index >= 15 is 0 Å². The maximum absolute atomic E-state index is 14.8. The Kier molecular flexibility index (Phi) is 9.80. The molecule has 3 saturated heterocycles. The molecular weight excluding hydrogens is 584 g/mol. The van der Waals surface area contributed by atoms with Crippen LogP contribution >= 0.6 is 11.8 Å². The molecule has 3 heterocycles. The van der Waals surface area contributed by atoms with Crippen LogP contribution in [0.5, 0.6) is 0 Å². The lowest BCUT2D eigenvalue weighted by Gasteiger charge is -2.38. The largest absolute Gasteiger partial charge is 0.395 e. The summed E-state index contributed by atoms with van der Waals surface area (Å²) in [5, 5.41) is 10.1. The second kappa shape index (κ2) is 13.4. The van der Waals surface area contributed by atoms with E-state index in [0.717, 1.165) is 36.4 Å². The standard InChI is InChI=1S/C36H46N4O4S/c1-6-21-38(25-26-13-11-10-12-14-26)32(42)29-30-33(43)40(23-24-41)31(36(30)20-19-35(29,5)45-36)34(44)39(22-7-2)28-17-15-27(16-18-28)37(8-3)9-4/h6-7,10-18,29-31,41H,1-2,8-9,19-25H2,3-5H3/t29-,30+,31?,35+,36?/m1/s1. The van der Waals surface area contributed by atoms with E-state index in [2.05, 4.69) is 38.8 Å². The molecular formula is C36H46N4O4S. The maximum Gasteiger partial charge on any atom is 0.251 e. The number of β-amino-alcohol motifs (C(OH)–C–C–N with tert-alkyl or cyclic N) is 1. The monoisotopic (exact) mass is 630 g/mol. The van der Waals surface area contributed by atoms with E-state index < -0.39 is 27.4 Å². The Morgan fingerprint density at radius 1 is 0.978 bits per heavy atom. The summed E-state index contributed by atoms with van der Waals surface area (Å²) in [4.78, 5) is 50.9. The van der Waals surface area contributed by atoms with Gasteiger partial charge in [0.1, 0.15) is 6.04 Å².